The van der Waals surface area contributed by atoms with E-state index in [9.17, 15) is 5.11 Å². The van der Waals surface area contributed by atoms with Crippen molar-refractivity contribution in [1.29, 1.82) is 0 Å². The van der Waals surface area contributed by atoms with Gasteiger partial charge in [0, 0.05) is 5.70 Å². The predicted octanol–water partition coefficient (Wildman–Crippen LogP) is 1.93. The normalized spacial score (nSPS) is 18.1. The molecule has 0 radical (unpaired) electrons. The highest BCUT2D eigenvalue weighted by Crippen LogP contribution is 2.24. The summed E-state index contributed by atoms with van der Waals surface area (Å²) in [6, 6.07) is 3.94. The zero-order chi connectivity index (χ0) is 10.8. The quantitative estimate of drug-likeness (QED) is 0.736. The highest BCUT2D eigenvalue weighted by molar-refractivity contribution is 5.58. The average Bonchev–Trinajstić information content (AvgIpc) is 2.66. The van der Waals surface area contributed by atoms with Gasteiger partial charge in [-0.15, -0.1) is 0 Å². The van der Waals surface area contributed by atoms with E-state index in [1.165, 1.54) is 0 Å². The minimum atomic E-state index is 0.382. The van der Waals surface area contributed by atoms with E-state index in [0.717, 1.165) is 22.4 Å². The predicted molar refractivity (Wildman–Crippen MR) is 59.5 cm³/mol. The first kappa shape index (κ1) is 10.1. The topological polar surface area (TPSA) is 41.5 Å². The van der Waals surface area contributed by atoms with Gasteiger partial charge < -0.3 is 15.2 Å². The van der Waals surface area contributed by atoms with Crippen LogP contribution in [0.15, 0.2) is 17.8 Å². The lowest BCUT2D eigenvalue weighted by Crippen LogP contribution is -2.04. The molecule has 2 N–H and O–H groups in total. The van der Waals surface area contributed by atoms with Gasteiger partial charge in [0.25, 0.3) is 0 Å². The van der Waals surface area contributed by atoms with E-state index in [4.69, 9.17) is 4.74 Å². The third-order valence-electron chi connectivity index (χ3n) is 2.51. The first-order valence-corrected chi connectivity index (χ1v) is 4.99. The molecule has 1 aromatic carbocycles. The van der Waals surface area contributed by atoms with Gasteiger partial charge >= 0.3 is 0 Å². The van der Waals surface area contributed by atoms with Crippen LogP contribution in [0.1, 0.15) is 16.7 Å². The van der Waals surface area contributed by atoms with Crippen LogP contribution in [0.3, 0.4) is 0 Å². The number of ether oxygens (including phenoxy) is 1. The van der Waals surface area contributed by atoms with Gasteiger partial charge in [-0.3, -0.25) is 0 Å². The third-order valence-corrected chi connectivity index (χ3v) is 2.51. The summed E-state index contributed by atoms with van der Waals surface area (Å²) in [5, 5.41) is 12.8. The minimum Gasteiger partial charge on any atom is -0.507 e. The molecule has 0 unspecified atom stereocenters. The summed E-state index contributed by atoms with van der Waals surface area (Å²) in [5.41, 5.74) is 3.98. The molecule has 0 aromatic heterocycles. The molecule has 0 amide bonds. The highest BCUT2D eigenvalue weighted by atomic mass is 16.5. The second-order valence-corrected chi connectivity index (χ2v) is 3.84. The number of benzene rings is 1. The summed E-state index contributed by atoms with van der Waals surface area (Å²) in [5.74, 6) is 0.382. The number of hydrogen-bond donors (Lipinski definition) is 2. The van der Waals surface area contributed by atoms with Crippen LogP contribution in [-0.4, -0.2) is 18.4 Å². The molecule has 15 heavy (non-hydrogen) atoms. The lowest BCUT2D eigenvalue weighted by molar-refractivity contribution is 0.197. The largest absolute Gasteiger partial charge is 0.507 e. The summed E-state index contributed by atoms with van der Waals surface area (Å²) in [6.45, 7) is 5.03. The maximum absolute atomic E-state index is 9.63. The van der Waals surface area contributed by atoms with Gasteiger partial charge in [0.2, 0.25) is 0 Å². The summed E-state index contributed by atoms with van der Waals surface area (Å²) in [7, 11) is 0. The Morgan fingerprint density at radius 1 is 1.33 bits per heavy atom. The third kappa shape index (κ3) is 2.13. The van der Waals surface area contributed by atoms with Crippen molar-refractivity contribution in [1.82, 2.24) is 5.32 Å². The van der Waals surface area contributed by atoms with E-state index >= 15 is 0 Å². The van der Waals surface area contributed by atoms with Crippen LogP contribution in [-0.2, 0) is 4.74 Å². The van der Waals surface area contributed by atoms with Gasteiger partial charge in [0.15, 0.2) is 0 Å². The maximum atomic E-state index is 9.63. The fraction of sp³-hybridized carbons (Fsp3) is 0.333. The molecule has 0 atom stereocenters. The molecule has 3 nitrogen and oxygen atoms in total. The van der Waals surface area contributed by atoms with Gasteiger partial charge in [-0.2, -0.15) is 0 Å². The Hall–Kier alpha value is -1.48. The minimum absolute atomic E-state index is 0.382. The van der Waals surface area contributed by atoms with Gasteiger partial charge in [-0.05, 0) is 48.7 Å². The van der Waals surface area contributed by atoms with Crippen molar-refractivity contribution in [2.45, 2.75) is 13.8 Å². The number of phenols is 1. The number of aryl methyl sites for hydroxylation is 2. The Morgan fingerprint density at radius 2 is 2.00 bits per heavy atom. The Labute approximate surface area is 89.4 Å². The molecule has 0 spiro atoms. The molecule has 1 heterocycles. The molecule has 0 bridgehead atoms. The van der Waals surface area contributed by atoms with E-state index in [1.54, 1.807) is 0 Å². The lowest BCUT2D eigenvalue weighted by atomic mass is 10.1. The fourth-order valence-electron chi connectivity index (χ4n) is 1.72. The molecule has 2 rings (SSSR count). The van der Waals surface area contributed by atoms with Gasteiger partial charge in [0.05, 0.1) is 6.61 Å². The van der Waals surface area contributed by atoms with E-state index in [-0.39, 0.29) is 0 Å². The van der Waals surface area contributed by atoms with E-state index in [1.807, 2.05) is 32.1 Å². The molecule has 0 aliphatic carbocycles. The van der Waals surface area contributed by atoms with Crippen LogP contribution in [0.4, 0.5) is 0 Å². The number of rotatable bonds is 1. The van der Waals surface area contributed by atoms with Crippen molar-refractivity contribution >= 4 is 6.08 Å². The first-order chi connectivity index (χ1) is 7.16. The zero-order valence-electron chi connectivity index (χ0n) is 9.00. The molecular formula is C12H15NO2. The fourth-order valence-corrected chi connectivity index (χ4v) is 1.72. The summed E-state index contributed by atoms with van der Waals surface area (Å²) in [4.78, 5) is 0. The second-order valence-electron chi connectivity index (χ2n) is 3.84. The molecular weight excluding hydrogens is 190 g/mol. The van der Waals surface area contributed by atoms with Crippen molar-refractivity contribution in [2.24, 2.45) is 0 Å². The van der Waals surface area contributed by atoms with Crippen LogP contribution in [0.25, 0.3) is 6.08 Å². The van der Waals surface area contributed by atoms with Crippen molar-refractivity contribution < 1.29 is 9.84 Å². The zero-order valence-corrected chi connectivity index (χ0v) is 9.00. The van der Waals surface area contributed by atoms with Gasteiger partial charge in [0.1, 0.15) is 12.5 Å². The Balaban J connectivity index is 2.33. The number of nitrogens with one attached hydrogen (secondary N) is 1. The first-order valence-electron chi connectivity index (χ1n) is 4.99. The Morgan fingerprint density at radius 3 is 2.53 bits per heavy atom. The lowest BCUT2D eigenvalue weighted by Gasteiger charge is -2.05. The van der Waals surface area contributed by atoms with Gasteiger partial charge in [-0.1, -0.05) is 0 Å². The van der Waals surface area contributed by atoms with Crippen LogP contribution in [0, 0.1) is 13.8 Å². The summed E-state index contributed by atoms with van der Waals surface area (Å²) >= 11 is 0. The molecule has 1 saturated heterocycles. The number of phenolic OH excluding ortho intramolecular Hbond substituents is 1. The van der Waals surface area contributed by atoms with Crippen LogP contribution < -0.4 is 5.32 Å². The highest BCUT2D eigenvalue weighted by Gasteiger charge is 2.06. The molecule has 1 aliphatic rings. The van der Waals surface area contributed by atoms with Crippen molar-refractivity contribution in [2.75, 3.05) is 13.3 Å². The summed E-state index contributed by atoms with van der Waals surface area (Å²) in [6.07, 6.45) is 2.05. The number of hydrogen-bond acceptors (Lipinski definition) is 3. The maximum Gasteiger partial charge on any atom is 0.121 e. The van der Waals surface area contributed by atoms with Crippen LogP contribution in [0.2, 0.25) is 0 Å². The number of aromatic hydroxyl groups is 1. The van der Waals surface area contributed by atoms with Crippen molar-refractivity contribution in [3.05, 3.63) is 34.5 Å². The van der Waals surface area contributed by atoms with Crippen molar-refractivity contribution in [3.63, 3.8) is 0 Å². The molecule has 3 heteroatoms. The molecule has 1 fully saturated rings. The standard InChI is InChI=1S/C12H15NO2/c1-8-3-10(4-9(2)12(8)14)5-11-6-15-7-13-11/h3-5,13-14H,6-7H2,1-2H3. The Kier molecular flexibility index (Phi) is 2.64. The van der Waals surface area contributed by atoms with Crippen LogP contribution in [0.5, 0.6) is 5.75 Å². The van der Waals surface area contributed by atoms with Gasteiger partial charge in [-0.25, -0.2) is 0 Å². The second kappa shape index (κ2) is 3.95. The monoisotopic (exact) mass is 205 g/mol. The summed E-state index contributed by atoms with van der Waals surface area (Å²) < 4.78 is 5.18. The van der Waals surface area contributed by atoms with Crippen molar-refractivity contribution in [3.8, 4) is 5.75 Å². The van der Waals surface area contributed by atoms with Crippen LogP contribution >= 0.6 is 0 Å². The smallest absolute Gasteiger partial charge is 0.121 e. The molecule has 1 aromatic rings. The van der Waals surface area contributed by atoms with E-state index < -0.39 is 0 Å². The Bertz CT molecular complexity index is 379. The molecule has 80 valence electrons. The molecule has 0 saturated carbocycles. The van der Waals surface area contributed by atoms with E-state index in [0.29, 0.717) is 19.1 Å². The molecule has 1 aliphatic heterocycles. The average molecular weight is 205 g/mol. The van der Waals surface area contributed by atoms with E-state index in [2.05, 4.69) is 5.32 Å². The SMILES string of the molecule is Cc1cc(C=C2COCN2)cc(C)c1O.